The van der Waals surface area contributed by atoms with Gasteiger partial charge in [0.25, 0.3) is 5.91 Å². The smallest absolute Gasteiger partial charge is 0.329 e. The molecule has 13 heteroatoms. The molecule has 0 aliphatic carbocycles. The summed E-state index contributed by atoms with van der Waals surface area (Å²) in [6.45, 7) is 10.4. The van der Waals surface area contributed by atoms with E-state index in [1.54, 1.807) is 65.8 Å². The van der Waals surface area contributed by atoms with Crippen LogP contribution in [0.15, 0.2) is 84.9 Å². The molecule has 3 rings (SSSR count). The minimum atomic E-state index is -1.45. The van der Waals surface area contributed by atoms with Gasteiger partial charge in [0, 0.05) is 24.8 Å². The summed E-state index contributed by atoms with van der Waals surface area (Å²) in [6, 6.07) is 26.6. The van der Waals surface area contributed by atoms with E-state index in [-0.39, 0.29) is 37.0 Å². The monoisotopic (exact) mass is 1060 g/mol. The van der Waals surface area contributed by atoms with Gasteiger partial charge in [-0.2, -0.15) is 0 Å². The second-order valence-corrected chi connectivity index (χ2v) is 23.3. The molecule has 0 heterocycles. The summed E-state index contributed by atoms with van der Waals surface area (Å²) in [5, 5.41) is 2.70. The first-order valence-corrected chi connectivity index (χ1v) is 29.7. The molecule has 0 spiro atoms. The SMILES string of the molecule is CC(C)(C)OC(=O)CC[C@H](NC(=O)c1ccc(N[S+]([O-])CCCC[C@H](COC(=O)CCCCCCCCCCCc2ccccc2)OC(=O)CCCCCCCCCCCc2ccccc2)cc1)C(=O)OC(C)(C)C. The Morgan fingerprint density at radius 1 is 0.507 bits per heavy atom. The standard InChI is InChI=1S/C62H94N2O10S/c1-61(2,3)73-58(67)47-46-55(60(69)74-62(4,5)6)63-59(68)52-42-44-53(45-43-52)64-75(70)48-32-31-39-54(72-57(66)41-30-20-16-12-8-10-14-18-24-34-51-37-27-22-28-38-51)49-71-56(65)40-29-19-15-11-7-9-13-17-23-33-50-35-25-21-26-36-50/h21-22,25-28,35-38,42-45,54-55,64H,7-20,23-24,29-34,39-41,46-49H2,1-6H3,(H,63,68)/t54-,55+,75?/m1/s1. The third kappa shape index (κ3) is 33.7. The molecule has 12 nitrogen and oxygen atoms in total. The number of aryl methyl sites for hydroxylation is 2. The number of hydrogen-bond acceptors (Lipinski definition) is 11. The Balaban J connectivity index is 1.39. The van der Waals surface area contributed by atoms with Crippen LogP contribution in [0.3, 0.4) is 0 Å². The molecule has 0 aromatic heterocycles. The van der Waals surface area contributed by atoms with Crippen LogP contribution in [0.25, 0.3) is 0 Å². The number of esters is 4. The summed E-state index contributed by atoms with van der Waals surface area (Å²) in [5.74, 6) is -1.92. The summed E-state index contributed by atoms with van der Waals surface area (Å²) in [7, 11) is 0. The number of hydrogen-bond donors (Lipinski definition) is 2. The lowest BCUT2D eigenvalue weighted by molar-refractivity contribution is -0.159. The first-order valence-electron chi connectivity index (χ1n) is 28.4. The van der Waals surface area contributed by atoms with Gasteiger partial charge in [0.1, 0.15) is 35.7 Å². The molecule has 0 aliphatic rings. The number of rotatable bonds is 40. The largest absolute Gasteiger partial charge is 0.593 e. The average Bonchev–Trinajstić information content (AvgIpc) is 3.36. The highest BCUT2D eigenvalue weighted by molar-refractivity contribution is 7.92. The van der Waals surface area contributed by atoms with Crippen LogP contribution in [0.4, 0.5) is 5.69 Å². The lowest BCUT2D eigenvalue weighted by Gasteiger charge is -2.25. The van der Waals surface area contributed by atoms with Crippen molar-refractivity contribution in [3.63, 3.8) is 0 Å². The zero-order valence-electron chi connectivity index (χ0n) is 46.7. The predicted molar refractivity (Wildman–Crippen MR) is 303 cm³/mol. The molecule has 3 aromatic carbocycles. The van der Waals surface area contributed by atoms with E-state index in [0.717, 1.165) is 57.8 Å². The van der Waals surface area contributed by atoms with Gasteiger partial charge in [-0.1, -0.05) is 151 Å². The molecule has 0 aliphatic heterocycles. The van der Waals surface area contributed by atoms with E-state index in [1.807, 2.05) is 0 Å². The van der Waals surface area contributed by atoms with Gasteiger partial charge in [0.05, 0.1) is 17.0 Å². The summed E-state index contributed by atoms with van der Waals surface area (Å²) in [6.07, 6.45) is 24.4. The molecule has 1 unspecified atom stereocenters. The molecule has 75 heavy (non-hydrogen) atoms. The van der Waals surface area contributed by atoms with Gasteiger partial charge in [-0.3, -0.25) is 19.2 Å². The minimum absolute atomic E-state index is 0.00300. The number of nitrogens with one attached hydrogen (secondary N) is 2. The highest BCUT2D eigenvalue weighted by Gasteiger charge is 2.29. The van der Waals surface area contributed by atoms with Crippen molar-refractivity contribution in [2.24, 2.45) is 0 Å². The van der Waals surface area contributed by atoms with Crippen molar-refractivity contribution in [2.45, 2.75) is 238 Å². The van der Waals surface area contributed by atoms with E-state index in [0.29, 0.717) is 43.5 Å². The van der Waals surface area contributed by atoms with Gasteiger partial charge in [0.15, 0.2) is 0 Å². The maximum absolute atomic E-state index is 13.3. The van der Waals surface area contributed by atoms with Crippen LogP contribution >= 0.6 is 0 Å². The Bertz CT molecular complexity index is 2020. The lowest BCUT2D eigenvalue weighted by atomic mass is 10.0. The highest BCUT2D eigenvalue weighted by atomic mass is 32.2. The van der Waals surface area contributed by atoms with Crippen LogP contribution in [0.1, 0.15) is 224 Å². The van der Waals surface area contributed by atoms with Crippen LogP contribution in [-0.4, -0.2) is 70.0 Å². The number of benzene rings is 3. The molecule has 2 N–H and O–H groups in total. The van der Waals surface area contributed by atoms with Gasteiger partial charge in [-0.05, 0) is 141 Å². The quantitative estimate of drug-likeness (QED) is 0.0240. The summed E-state index contributed by atoms with van der Waals surface area (Å²) in [5.41, 5.74) is 2.13. The van der Waals surface area contributed by atoms with Gasteiger partial charge in [0.2, 0.25) is 0 Å². The Kier molecular flexibility index (Phi) is 32.5. The van der Waals surface area contributed by atoms with Crippen molar-refractivity contribution in [1.82, 2.24) is 5.32 Å². The van der Waals surface area contributed by atoms with Gasteiger partial charge >= 0.3 is 23.9 Å². The highest BCUT2D eigenvalue weighted by Crippen LogP contribution is 2.19. The number of amides is 1. The number of carbonyl (C=O) groups is 5. The van der Waals surface area contributed by atoms with Crippen molar-refractivity contribution in [3.8, 4) is 0 Å². The number of anilines is 1. The molecule has 0 radical (unpaired) electrons. The fraction of sp³-hybridized carbons (Fsp3) is 0.629. The molecule has 3 aromatic rings. The summed E-state index contributed by atoms with van der Waals surface area (Å²) < 4.78 is 38.5. The third-order valence-corrected chi connectivity index (χ3v) is 13.8. The van der Waals surface area contributed by atoms with Crippen LogP contribution < -0.4 is 10.0 Å². The Morgan fingerprint density at radius 2 is 0.973 bits per heavy atom. The van der Waals surface area contributed by atoms with Crippen molar-refractivity contribution < 1.29 is 47.5 Å². The van der Waals surface area contributed by atoms with E-state index < -0.39 is 52.6 Å². The fourth-order valence-electron chi connectivity index (χ4n) is 8.64. The molecule has 1 amide bonds. The fourth-order valence-corrected chi connectivity index (χ4v) is 9.60. The van der Waals surface area contributed by atoms with Crippen molar-refractivity contribution in [1.29, 1.82) is 0 Å². The molecular weight excluding hydrogens is 965 g/mol. The molecular formula is C62H94N2O10S. The zero-order valence-corrected chi connectivity index (χ0v) is 47.6. The van der Waals surface area contributed by atoms with E-state index in [2.05, 4.69) is 70.7 Å². The van der Waals surface area contributed by atoms with Crippen LogP contribution in [0.5, 0.6) is 0 Å². The minimum Gasteiger partial charge on any atom is -0.593 e. The van der Waals surface area contributed by atoms with Gasteiger partial charge in [-0.15, -0.1) is 0 Å². The van der Waals surface area contributed by atoms with Crippen molar-refractivity contribution in [3.05, 3.63) is 102 Å². The number of unbranched alkanes of at least 4 members (excludes halogenated alkanes) is 17. The predicted octanol–water partition coefficient (Wildman–Crippen LogP) is 14.2. The third-order valence-electron chi connectivity index (χ3n) is 12.6. The second-order valence-electron chi connectivity index (χ2n) is 22.0. The van der Waals surface area contributed by atoms with Crippen LogP contribution in [0, 0.1) is 0 Å². The van der Waals surface area contributed by atoms with Crippen molar-refractivity contribution >= 4 is 46.8 Å². The lowest BCUT2D eigenvalue weighted by Crippen LogP contribution is -2.44. The maximum atomic E-state index is 13.3. The molecule has 418 valence electrons. The first kappa shape index (κ1) is 64.4. The van der Waals surface area contributed by atoms with Crippen molar-refractivity contribution in [2.75, 3.05) is 17.1 Å². The first-order chi connectivity index (χ1) is 36.0. The van der Waals surface area contributed by atoms with E-state index >= 15 is 0 Å². The topological polar surface area (TPSA) is 169 Å². The van der Waals surface area contributed by atoms with Gasteiger partial charge < -0.3 is 28.8 Å². The maximum Gasteiger partial charge on any atom is 0.329 e. The summed E-state index contributed by atoms with van der Waals surface area (Å²) >= 11 is -1.45. The molecule has 0 saturated carbocycles. The van der Waals surface area contributed by atoms with Crippen LogP contribution in [0.2, 0.25) is 0 Å². The molecule has 0 fully saturated rings. The zero-order chi connectivity index (χ0) is 54.6. The van der Waals surface area contributed by atoms with E-state index in [1.165, 1.54) is 81.8 Å². The molecule has 0 bridgehead atoms. The average molecular weight is 1060 g/mol. The Morgan fingerprint density at radius 3 is 1.47 bits per heavy atom. The van der Waals surface area contributed by atoms with Crippen LogP contribution in [-0.2, 0) is 62.3 Å². The van der Waals surface area contributed by atoms with Gasteiger partial charge in [-0.25, -0.2) is 9.52 Å². The normalized spacial score (nSPS) is 12.8. The van der Waals surface area contributed by atoms with E-state index in [4.69, 9.17) is 18.9 Å². The number of ether oxygens (including phenoxy) is 4. The molecule has 0 saturated heterocycles. The summed E-state index contributed by atoms with van der Waals surface area (Å²) in [4.78, 5) is 64.5. The Labute approximate surface area is 454 Å². The Hall–Kier alpha value is -4.88. The molecule has 3 atom stereocenters. The van der Waals surface area contributed by atoms with E-state index in [9.17, 15) is 28.5 Å². The second kappa shape index (κ2) is 37.8. The number of carbonyl (C=O) groups excluding carboxylic acids is 5.